The Labute approximate surface area is 106 Å². The van der Waals surface area contributed by atoms with Gasteiger partial charge in [0.05, 0.1) is 5.56 Å². The Bertz CT molecular complexity index is 549. The fourth-order valence-electron chi connectivity index (χ4n) is 2.02. The molecular weight excluding hydrogens is 230 g/mol. The minimum atomic E-state index is -0.998. The second-order valence-electron chi connectivity index (χ2n) is 4.24. The fourth-order valence-corrected chi connectivity index (χ4v) is 2.02. The summed E-state index contributed by atoms with van der Waals surface area (Å²) in [6.07, 6.45) is 7.43. The molecule has 0 aliphatic heterocycles. The van der Waals surface area contributed by atoms with Crippen LogP contribution < -0.4 is 5.56 Å². The van der Waals surface area contributed by atoms with Crippen molar-refractivity contribution in [1.29, 1.82) is 0 Å². The van der Waals surface area contributed by atoms with Crippen molar-refractivity contribution >= 4 is 5.97 Å². The summed E-state index contributed by atoms with van der Waals surface area (Å²) >= 11 is 0. The average molecular weight is 247 g/mol. The second-order valence-corrected chi connectivity index (χ2v) is 4.24. The van der Waals surface area contributed by atoms with E-state index in [-0.39, 0.29) is 11.1 Å². The van der Waals surface area contributed by atoms with Crippen molar-refractivity contribution in [3.8, 4) is 12.3 Å². The van der Waals surface area contributed by atoms with E-state index in [0.29, 0.717) is 24.2 Å². The first-order valence-corrected chi connectivity index (χ1v) is 5.86. The Morgan fingerprint density at radius 1 is 1.44 bits per heavy atom. The Morgan fingerprint density at radius 3 is 2.67 bits per heavy atom. The maximum Gasteiger partial charge on any atom is 0.337 e. The van der Waals surface area contributed by atoms with Gasteiger partial charge in [-0.1, -0.05) is 0 Å². The van der Waals surface area contributed by atoms with Gasteiger partial charge in [0.25, 0.3) is 5.56 Å². The molecule has 0 unspecified atom stereocenters. The standard InChI is InChI=1S/C14H17NO3/c1-4-5-6-7-8-15-11(3)13(14(17)18)10(2)9-12(15)16/h1,9H,5-8H2,2-3H3,(H,17,18). The van der Waals surface area contributed by atoms with Crippen LogP contribution in [0.3, 0.4) is 0 Å². The third kappa shape index (κ3) is 3.01. The van der Waals surface area contributed by atoms with Crippen LogP contribution in [0, 0.1) is 26.2 Å². The number of aromatic nitrogens is 1. The van der Waals surface area contributed by atoms with Gasteiger partial charge in [-0.15, -0.1) is 12.3 Å². The zero-order chi connectivity index (χ0) is 13.7. The smallest absolute Gasteiger partial charge is 0.337 e. The number of hydrogen-bond donors (Lipinski definition) is 1. The van der Waals surface area contributed by atoms with Crippen LogP contribution in [0.25, 0.3) is 0 Å². The number of hydrogen-bond acceptors (Lipinski definition) is 2. The zero-order valence-corrected chi connectivity index (χ0v) is 10.7. The number of nitrogens with zero attached hydrogens (tertiary/aromatic N) is 1. The highest BCUT2D eigenvalue weighted by Gasteiger charge is 2.15. The van der Waals surface area contributed by atoms with Crippen LogP contribution in [-0.4, -0.2) is 15.6 Å². The van der Waals surface area contributed by atoms with E-state index >= 15 is 0 Å². The van der Waals surface area contributed by atoms with Crippen molar-refractivity contribution in [1.82, 2.24) is 4.57 Å². The van der Waals surface area contributed by atoms with E-state index in [4.69, 9.17) is 11.5 Å². The Kier molecular flexibility index (Phi) is 4.73. The van der Waals surface area contributed by atoms with Crippen LogP contribution in [0.2, 0.25) is 0 Å². The van der Waals surface area contributed by atoms with Crippen molar-refractivity contribution in [2.75, 3.05) is 0 Å². The van der Waals surface area contributed by atoms with Crippen molar-refractivity contribution in [3.63, 3.8) is 0 Å². The average Bonchev–Trinajstić information content (AvgIpc) is 2.26. The zero-order valence-electron chi connectivity index (χ0n) is 10.7. The summed E-state index contributed by atoms with van der Waals surface area (Å²) in [5.41, 5.74) is 1.07. The van der Waals surface area contributed by atoms with Gasteiger partial charge in [0.2, 0.25) is 0 Å². The van der Waals surface area contributed by atoms with E-state index < -0.39 is 5.97 Å². The number of carboxylic acids is 1. The Hall–Kier alpha value is -2.02. The molecule has 0 spiro atoms. The molecule has 0 radical (unpaired) electrons. The number of carbonyl (C=O) groups is 1. The van der Waals surface area contributed by atoms with Gasteiger partial charge in [0, 0.05) is 24.7 Å². The van der Waals surface area contributed by atoms with E-state index in [1.165, 1.54) is 10.6 Å². The number of aryl methyl sites for hydroxylation is 1. The lowest BCUT2D eigenvalue weighted by atomic mass is 10.1. The quantitative estimate of drug-likeness (QED) is 0.639. The second kappa shape index (κ2) is 6.06. The molecule has 96 valence electrons. The van der Waals surface area contributed by atoms with Gasteiger partial charge in [-0.25, -0.2) is 4.79 Å². The maximum absolute atomic E-state index is 11.8. The molecule has 1 aromatic rings. The molecule has 0 bridgehead atoms. The summed E-state index contributed by atoms with van der Waals surface area (Å²) in [7, 11) is 0. The first kappa shape index (κ1) is 14.0. The number of terminal acetylenes is 1. The number of pyridine rings is 1. The highest BCUT2D eigenvalue weighted by atomic mass is 16.4. The molecule has 0 aliphatic rings. The van der Waals surface area contributed by atoms with Gasteiger partial charge in [-0.05, 0) is 32.3 Å². The predicted octanol–water partition coefficient (Wildman–Crippen LogP) is 1.97. The molecule has 0 amide bonds. The molecular formula is C14H17NO3. The normalized spacial score (nSPS) is 10.1. The van der Waals surface area contributed by atoms with E-state index in [0.717, 1.165) is 12.8 Å². The van der Waals surface area contributed by atoms with Crippen LogP contribution in [0.4, 0.5) is 0 Å². The largest absolute Gasteiger partial charge is 0.478 e. The van der Waals surface area contributed by atoms with Gasteiger partial charge >= 0.3 is 5.97 Å². The monoisotopic (exact) mass is 247 g/mol. The fraction of sp³-hybridized carbons (Fsp3) is 0.429. The van der Waals surface area contributed by atoms with Gasteiger partial charge in [-0.3, -0.25) is 4.79 Å². The van der Waals surface area contributed by atoms with Gasteiger partial charge in [0.15, 0.2) is 0 Å². The number of aromatic carboxylic acids is 1. The lowest BCUT2D eigenvalue weighted by Gasteiger charge is -2.13. The molecule has 1 rings (SSSR count). The maximum atomic E-state index is 11.8. The van der Waals surface area contributed by atoms with Crippen LogP contribution in [0.5, 0.6) is 0 Å². The van der Waals surface area contributed by atoms with E-state index in [9.17, 15) is 9.59 Å². The summed E-state index contributed by atoms with van der Waals surface area (Å²) in [5, 5.41) is 9.13. The third-order valence-corrected chi connectivity index (χ3v) is 2.93. The summed E-state index contributed by atoms with van der Waals surface area (Å²) < 4.78 is 1.51. The molecule has 1 aromatic heterocycles. The van der Waals surface area contributed by atoms with Crippen LogP contribution in [0.15, 0.2) is 10.9 Å². The molecule has 1 N–H and O–H groups in total. The molecule has 0 saturated heterocycles. The molecule has 0 atom stereocenters. The lowest BCUT2D eigenvalue weighted by molar-refractivity contribution is 0.0694. The van der Waals surface area contributed by atoms with Crippen molar-refractivity contribution < 1.29 is 9.90 Å². The summed E-state index contributed by atoms with van der Waals surface area (Å²) in [6.45, 7) is 3.81. The molecule has 18 heavy (non-hydrogen) atoms. The minimum absolute atomic E-state index is 0.157. The SMILES string of the molecule is C#CCCCCn1c(C)c(C(=O)O)c(C)cc1=O. The van der Waals surface area contributed by atoms with Gasteiger partial charge in [-0.2, -0.15) is 0 Å². The highest BCUT2D eigenvalue weighted by Crippen LogP contribution is 2.12. The summed E-state index contributed by atoms with van der Waals surface area (Å²) in [4.78, 5) is 23.0. The first-order valence-electron chi connectivity index (χ1n) is 5.86. The minimum Gasteiger partial charge on any atom is -0.478 e. The molecule has 0 saturated carbocycles. The molecule has 0 aromatic carbocycles. The summed E-state index contributed by atoms with van der Waals surface area (Å²) in [6, 6.07) is 1.37. The van der Waals surface area contributed by atoms with Crippen molar-refractivity contribution in [3.05, 3.63) is 33.2 Å². The van der Waals surface area contributed by atoms with Gasteiger partial charge in [0.1, 0.15) is 0 Å². The van der Waals surface area contributed by atoms with Crippen LogP contribution >= 0.6 is 0 Å². The van der Waals surface area contributed by atoms with E-state index in [2.05, 4.69) is 5.92 Å². The number of rotatable bonds is 5. The Balaban J connectivity index is 3.05. The van der Waals surface area contributed by atoms with Crippen molar-refractivity contribution in [2.45, 2.75) is 39.7 Å². The van der Waals surface area contributed by atoms with Crippen LogP contribution in [-0.2, 0) is 6.54 Å². The highest BCUT2D eigenvalue weighted by molar-refractivity contribution is 5.90. The van der Waals surface area contributed by atoms with Crippen LogP contribution in [0.1, 0.15) is 40.9 Å². The topological polar surface area (TPSA) is 59.3 Å². The van der Waals surface area contributed by atoms with Gasteiger partial charge < -0.3 is 9.67 Å². The lowest BCUT2D eigenvalue weighted by Crippen LogP contribution is -2.25. The van der Waals surface area contributed by atoms with E-state index in [1.807, 2.05) is 0 Å². The molecule has 1 heterocycles. The first-order chi connectivity index (χ1) is 8.49. The molecule has 4 nitrogen and oxygen atoms in total. The third-order valence-electron chi connectivity index (χ3n) is 2.93. The number of unbranched alkanes of at least 4 members (excludes halogenated alkanes) is 2. The Morgan fingerprint density at radius 2 is 2.11 bits per heavy atom. The molecule has 0 aliphatic carbocycles. The molecule has 4 heteroatoms. The number of carboxylic acid groups (broad SMARTS) is 1. The van der Waals surface area contributed by atoms with E-state index in [1.54, 1.807) is 13.8 Å². The van der Waals surface area contributed by atoms with Crippen molar-refractivity contribution in [2.24, 2.45) is 0 Å². The predicted molar refractivity (Wildman–Crippen MR) is 69.8 cm³/mol. The summed E-state index contributed by atoms with van der Waals surface area (Å²) in [5.74, 6) is 1.54. The molecule has 0 fully saturated rings.